The average Bonchev–Trinajstić information content (AvgIpc) is 2.66. The van der Waals surface area contributed by atoms with E-state index in [0.29, 0.717) is 18.8 Å². The van der Waals surface area contributed by atoms with Gasteiger partial charge in [-0.15, -0.1) is 0 Å². The number of hydrogen-bond acceptors (Lipinski definition) is 7. The number of unbranched alkanes of at least 4 members (excludes halogenated alkanes) is 5. The van der Waals surface area contributed by atoms with Crippen LogP contribution in [0.2, 0.25) is 0 Å². The maximum Gasteiger partial charge on any atom is 0.356 e. The summed E-state index contributed by atoms with van der Waals surface area (Å²) in [4.78, 5) is 26.5. The normalized spacial score (nSPS) is 9.85. The van der Waals surface area contributed by atoms with Gasteiger partial charge in [0.1, 0.15) is 5.69 Å². The summed E-state index contributed by atoms with van der Waals surface area (Å²) in [7, 11) is 0. The molecule has 0 atom stereocenters. The van der Waals surface area contributed by atoms with Gasteiger partial charge in [-0.05, 0) is 38.8 Å². The highest BCUT2D eigenvalue weighted by atomic mass is 16.5. The van der Waals surface area contributed by atoms with Gasteiger partial charge in [0.05, 0.1) is 18.8 Å². The molecule has 0 aliphatic heterocycles. The van der Waals surface area contributed by atoms with Crippen molar-refractivity contribution in [3.63, 3.8) is 0 Å². The van der Waals surface area contributed by atoms with Crippen LogP contribution >= 0.6 is 0 Å². The minimum absolute atomic E-state index is 0.104. The second kappa shape index (κ2) is 16.5. The van der Waals surface area contributed by atoms with Crippen LogP contribution in [0.1, 0.15) is 73.2 Å². The summed E-state index contributed by atoms with van der Waals surface area (Å²) in [6.07, 6.45) is 7.88. The van der Waals surface area contributed by atoms with E-state index in [-0.39, 0.29) is 18.9 Å². The van der Waals surface area contributed by atoms with E-state index in [0.717, 1.165) is 25.7 Å². The molecule has 0 aliphatic carbocycles. The van der Waals surface area contributed by atoms with Crippen molar-refractivity contribution in [3.05, 3.63) is 29.6 Å². The summed E-state index contributed by atoms with van der Waals surface area (Å²) >= 11 is 0. The maximum atomic E-state index is 11.4. The number of aliphatic hydroxyl groups excluding tert-OH is 2. The fraction of sp³-hybridized carbons (Fsp3) is 0.632. The summed E-state index contributed by atoms with van der Waals surface area (Å²) < 4.78 is 9.57. The highest BCUT2D eigenvalue weighted by Gasteiger charge is 2.12. The van der Waals surface area contributed by atoms with E-state index in [1.807, 2.05) is 0 Å². The number of nitrogens with zero attached hydrogens (tertiary/aromatic N) is 1. The number of ether oxygens (including phenoxy) is 2. The Morgan fingerprint density at radius 3 is 1.88 bits per heavy atom. The third kappa shape index (κ3) is 11.5. The van der Waals surface area contributed by atoms with Crippen LogP contribution < -0.4 is 0 Å². The fourth-order valence-electron chi connectivity index (χ4n) is 2.02. The molecule has 2 N–H and O–H groups in total. The Bertz CT molecular complexity index is 465. The Morgan fingerprint density at radius 1 is 0.885 bits per heavy atom. The van der Waals surface area contributed by atoms with Gasteiger partial charge in [-0.3, -0.25) is 0 Å². The Hall–Kier alpha value is -1.99. The molecule has 0 saturated heterocycles. The standard InChI is InChI=1S/C11H13NO4.C8H18O2/c1-3-15-10(13)8-5-6-12-9(7-8)11(14)16-4-2;9-7-5-3-1-2-4-6-8-10/h5-7H,3-4H2,1-2H3;9-10H,1-8H2. The molecule has 1 aromatic heterocycles. The van der Waals surface area contributed by atoms with Gasteiger partial charge >= 0.3 is 11.9 Å². The number of hydrogen-bond donors (Lipinski definition) is 2. The highest BCUT2D eigenvalue weighted by molar-refractivity contribution is 5.93. The van der Waals surface area contributed by atoms with Gasteiger partial charge < -0.3 is 19.7 Å². The first-order valence-corrected chi connectivity index (χ1v) is 9.12. The lowest BCUT2D eigenvalue weighted by Crippen LogP contribution is -2.10. The van der Waals surface area contributed by atoms with E-state index in [4.69, 9.17) is 19.7 Å². The number of carbonyl (C=O) groups excluding carboxylic acids is 2. The predicted octanol–water partition coefficient (Wildman–Crippen LogP) is 2.75. The van der Waals surface area contributed by atoms with Crippen LogP contribution in [0, 0.1) is 0 Å². The van der Waals surface area contributed by atoms with Crippen LogP contribution in [0.15, 0.2) is 18.3 Å². The van der Waals surface area contributed by atoms with Crippen LogP contribution in [0.4, 0.5) is 0 Å². The molecule has 0 saturated carbocycles. The van der Waals surface area contributed by atoms with Crippen LogP contribution in [0.3, 0.4) is 0 Å². The summed E-state index contributed by atoms with van der Waals surface area (Å²) in [6, 6.07) is 2.84. The van der Waals surface area contributed by atoms with Gasteiger partial charge in [0.25, 0.3) is 0 Å². The van der Waals surface area contributed by atoms with Crippen molar-refractivity contribution in [2.24, 2.45) is 0 Å². The number of aromatic nitrogens is 1. The Balaban J connectivity index is 0.000000541. The number of aliphatic hydroxyl groups is 2. The first-order valence-electron chi connectivity index (χ1n) is 9.12. The molecule has 1 aromatic rings. The first kappa shape index (κ1) is 24.0. The minimum atomic E-state index is -0.548. The number of carbonyl (C=O) groups is 2. The summed E-state index contributed by atoms with van der Waals surface area (Å²) in [5, 5.41) is 16.9. The number of pyridine rings is 1. The minimum Gasteiger partial charge on any atom is -0.462 e. The van der Waals surface area contributed by atoms with Gasteiger partial charge in [0, 0.05) is 19.4 Å². The second-order valence-corrected chi connectivity index (χ2v) is 5.44. The van der Waals surface area contributed by atoms with Crippen molar-refractivity contribution >= 4 is 11.9 Å². The van der Waals surface area contributed by atoms with Crippen LogP contribution in [0.5, 0.6) is 0 Å². The van der Waals surface area contributed by atoms with Crippen molar-refractivity contribution in [2.75, 3.05) is 26.4 Å². The van der Waals surface area contributed by atoms with E-state index >= 15 is 0 Å². The van der Waals surface area contributed by atoms with Crippen LogP contribution in [-0.2, 0) is 9.47 Å². The molecule has 148 valence electrons. The molecule has 7 heteroatoms. The number of rotatable bonds is 11. The Kier molecular flexibility index (Phi) is 15.2. The summed E-state index contributed by atoms with van der Waals surface area (Å²) in [6.45, 7) is 4.61. The third-order valence-corrected chi connectivity index (χ3v) is 3.32. The van der Waals surface area contributed by atoms with Crippen molar-refractivity contribution in [2.45, 2.75) is 52.4 Å². The third-order valence-electron chi connectivity index (χ3n) is 3.32. The molecular weight excluding hydrogens is 338 g/mol. The van der Waals surface area contributed by atoms with Crippen LogP contribution in [-0.4, -0.2) is 53.6 Å². The first-order chi connectivity index (χ1) is 12.6. The van der Waals surface area contributed by atoms with Crippen LogP contribution in [0.25, 0.3) is 0 Å². The lowest BCUT2D eigenvalue weighted by atomic mass is 10.1. The van der Waals surface area contributed by atoms with Crippen molar-refractivity contribution in [1.82, 2.24) is 4.98 Å². The lowest BCUT2D eigenvalue weighted by Gasteiger charge is -2.03. The molecule has 0 bridgehead atoms. The smallest absolute Gasteiger partial charge is 0.356 e. The molecule has 0 unspecified atom stereocenters. The zero-order chi connectivity index (χ0) is 19.6. The molecule has 1 rings (SSSR count). The maximum absolute atomic E-state index is 11.4. The molecule has 7 nitrogen and oxygen atoms in total. The molecular formula is C19H31NO6. The second-order valence-electron chi connectivity index (χ2n) is 5.44. The van der Waals surface area contributed by atoms with Gasteiger partial charge in [-0.1, -0.05) is 25.7 Å². The Morgan fingerprint density at radius 2 is 1.38 bits per heavy atom. The molecule has 0 aliphatic rings. The van der Waals surface area contributed by atoms with E-state index in [1.165, 1.54) is 31.2 Å². The van der Waals surface area contributed by atoms with Crippen molar-refractivity contribution in [1.29, 1.82) is 0 Å². The lowest BCUT2D eigenvalue weighted by molar-refractivity contribution is 0.0519. The van der Waals surface area contributed by atoms with E-state index in [1.54, 1.807) is 13.8 Å². The monoisotopic (exact) mass is 369 g/mol. The topological polar surface area (TPSA) is 106 Å². The SMILES string of the molecule is CCOC(=O)c1ccnc(C(=O)OCC)c1.OCCCCCCCCO. The fourth-order valence-corrected chi connectivity index (χ4v) is 2.02. The molecule has 0 radical (unpaired) electrons. The van der Waals surface area contributed by atoms with E-state index < -0.39 is 11.9 Å². The van der Waals surface area contributed by atoms with Crippen molar-refractivity contribution in [3.8, 4) is 0 Å². The summed E-state index contributed by atoms with van der Waals surface area (Å²) in [5.74, 6) is -1.02. The largest absolute Gasteiger partial charge is 0.462 e. The van der Waals surface area contributed by atoms with Gasteiger partial charge in [-0.25, -0.2) is 14.6 Å². The van der Waals surface area contributed by atoms with Gasteiger partial charge in [-0.2, -0.15) is 0 Å². The highest BCUT2D eigenvalue weighted by Crippen LogP contribution is 2.05. The van der Waals surface area contributed by atoms with E-state index in [9.17, 15) is 9.59 Å². The zero-order valence-electron chi connectivity index (χ0n) is 15.8. The molecule has 26 heavy (non-hydrogen) atoms. The predicted molar refractivity (Wildman–Crippen MR) is 98.0 cm³/mol. The zero-order valence-corrected chi connectivity index (χ0v) is 15.8. The average molecular weight is 369 g/mol. The summed E-state index contributed by atoms with van der Waals surface area (Å²) in [5.41, 5.74) is 0.396. The Labute approximate surface area is 155 Å². The molecule has 0 amide bonds. The molecule has 1 heterocycles. The molecule has 0 fully saturated rings. The van der Waals surface area contributed by atoms with Gasteiger partial charge in [0.2, 0.25) is 0 Å². The van der Waals surface area contributed by atoms with Gasteiger partial charge in [0.15, 0.2) is 0 Å². The van der Waals surface area contributed by atoms with Crippen molar-refractivity contribution < 1.29 is 29.3 Å². The quantitative estimate of drug-likeness (QED) is 0.456. The molecule has 0 spiro atoms. The molecule has 0 aromatic carbocycles. The van der Waals surface area contributed by atoms with E-state index in [2.05, 4.69) is 4.98 Å². The number of esters is 2.